The van der Waals surface area contributed by atoms with E-state index in [0.717, 1.165) is 19.3 Å². The third-order valence-corrected chi connectivity index (χ3v) is 4.05. The summed E-state index contributed by atoms with van der Waals surface area (Å²) >= 11 is 0. The van der Waals surface area contributed by atoms with Crippen LogP contribution in [-0.2, 0) is 4.74 Å². The molecule has 1 aromatic rings. The van der Waals surface area contributed by atoms with Crippen LogP contribution in [0, 0.1) is 5.92 Å². The fourth-order valence-electron chi connectivity index (χ4n) is 2.71. The largest absolute Gasteiger partial charge is 0.468 e. The number of carbonyl (C=O) groups excluding carboxylic acids is 1. The van der Waals surface area contributed by atoms with Crippen LogP contribution in [0.2, 0.25) is 0 Å². The van der Waals surface area contributed by atoms with Gasteiger partial charge in [0.25, 0.3) is 5.91 Å². The number of carbonyl (C=O) groups is 1. The highest BCUT2D eigenvalue weighted by molar-refractivity contribution is 5.92. The summed E-state index contributed by atoms with van der Waals surface area (Å²) in [5.41, 5.74) is 0.112. The Labute approximate surface area is 137 Å². The second-order valence-electron chi connectivity index (χ2n) is 6.18. The lowest BCUT2D eigenvalue weighted by atomic mass is 10.1. The van der Waals surface area contributed by atoms with E-state index in [0.29, 0.717) is 25.7 Å². The Morgan fingerprint density at radius 3 is 2.75 bits per heavy atom. The molecule has 5 nitrogen and oxygen atoms in total. The first-order valence-electron chi connectivity index (χ1n) is 7.98. The number of alkyl halides is 3. The van der Waals surface area contributed by atoms with Gasteiger partial charge in [-0.15, -0.1) is 0 Å². The van der Waals surface area contributed by atoms with Crippen LogP contribution in [0.1, 0.15) is 29.8 Å². The lowest BCUT2D eigenvalue weighted by Crippen LogP contribution is -2.38. The third-order valence-electron chi connectivity index (χ3n) is 4.05. The van der Waals surface area contributed by atoms with Crippen LogP contribution in [0.3, 0.4) is 0 Å². The summed E-state index contributed by atoms with van der Waals surface area (Å²) in [4.78, 5) is 18.4. The number of ether oxygens (including phenoxy) is 2. The van der Waals surface area contributed by atoms with Crippen molar-refractivity contribution in [1.82, 2.24) is 9.88 Å². The molecule has 1 aliphatic heterocycles. The summed E-state index contributed by atoms with van der Waals surface area (Å²) < 4.78 is 46.7. The number of hydrogen-bond acceptors (Lipinski definition) is 4. The molecule has 0 spiro atoms. The molecule has 1 amide bonds. The molecule has 2 fully saturated rings. The first-order chi connectivity index (χ1) is 11.4. The monoisotopic (exact) mass is 344 g/mol. The van der Waals surface area contributed by atoms with Crippen molar-refractivity contribution >= 4 is 5.91 Å². The van der Waals surface area contributed by atoms with Gasteiger partial charge in [0.15, 0.2) is 6.61 Å². The van der Waals surface area contributed by atoms with E-state index in [-0.39, 0.29) is 23.5 Å². The van der Waals surface area contributed by atoms with Gasteiger partial charge in [-0.2, -0.15) is 13.2 Å². The van der Waals surface area contributed by atoms with Crippen LogP contribution in [0.5, 0.6) is 5.88 Å². The number of pyridine rings is 1. The standard InChI is InChI=1S/C16H19F3N2O3/c17-16(18,19)10-24-14-3-1-2-13(20-14)15(22)21(12-4-5-12)8-11-6-7-23-9-11/h1-3,11-12H,4-10H2. The van der Waals surface area contributed by atoms with Gasteiger partial charge in [-0.1, -0.05) is 6.07 Å². The lowest BCUT2D eigenvalue weighted by Gasteiger charge is -2.25. The molecule has 0 aromatic carbocycles. The summed E-state index contributed by atoms with van der Waals surface area (Å²) in [5.74, 6) is -0.154. The SMILES string of the molecule is O=C(c1cccc(OCC(F)(F)F)n1)N(CC1CCOC1)C1CC1. The second-order valence-corrected chi connectivity index (χ2v) is 6.18. The van der Waals surface area contributed by atoms with Gasteiger partial charge in [0.2, 0.25) is 5.88 Å². The molecule has 1 saturated carbocycles. The van der Waals surface area contributed by atoms with E-state index in [1.807, 2.05) is 0 Å². The highest BCUT2D eigenvalue weighted by Crippen LogP contribution is 2.30. The van der Waals surface area contributed by atoms with E-state index in [1.54, 1.807) is 4.90 Å². The maximum atomic E-state index is 12.7. The van der Waals surface area contributed by atoms with Crippen molar-refractivity contribution in [3.8, 4) is 5.88 Å². The highest BCUT2D eigenvalue weighted by Gasteiger charge is 2.36. The van der Waals surface area contributed by atoms with Gasteiger partial charge in [0, 0.05) is 31.2 Å². The van der Waals surface area contributed by atoms with Crippen LogP contribution in [0.15, 0.2) is 18.2 Å². The van der Waals surface area contributed by atoms with Crippen LogP contribution < -0.4 is 4.74 Å². The summed E-state index contributed by atoms with van der Waals surface area (Å²) in [7, 11) is 0. The molecule has 132 valence electrons. The molecule has 0 radical (unpaired) electrons. The smallest absolute Gasteiger partial charge is 0.422 e. The molecule has 2 aliphatic rings. The molecule has 1 aliphatic carbocycles. The Kier molecular flexibility index (Phi) is 4.93. The van der Waals surface area contributed by atoms with E-state index in [1.165, 1.54) is 18.2 Å². The van der Waals surface area contributed by atoms with Gasteiger partial charge in [0.1, 0.15) is 5.69 Å². The zero-order chi connectivity index (χ0) is 17.2. The fourth-order valence-corrected chi connectivity index (χ4v) is 2.71. The van der Waals surface area contributed by atoms with Crippen LogP contribution >= 0.6 is 0 Å². The van der Waals surface area contributed by atoms with Gasteiger partial charge < -0.3 is 14.4 Å². The molecule has 1 saturated heterocycles. The molecule has 8 heteroatoms. The molecular weight excluding hydrogens is 325 g/mol. The predicted octanol–water partition coefficient (Wildman–Crippen LogP) is 2.66. The number of nitrogens with zero attached hydrogens (tertiary/aromatic N) is 2. The zero-order valence-electron chi connectivity index (χ0n) is 13.1. The Balaban J connectivity index is 1.67. The topological polar surface area (TPSA) is 51.7 Å². The molecule has 2 heterocycles. The van der Waals surface area contributed by atoms with Crippen molar-refractivity contribution in [3.05, 3.63) is 23.9 Å². The average molecular weight is 344 g/mol. The molecular formula is C16H19F3N2O3. The normalized spacial score (nSPS) is 20.9. The van der Waals surface area contributed by atoms with Crippen molar-refractivity contribution in [3.63, 3.8) is 0 Å². The Bertz CT molecular complexity index is 584. The first-order valence-corrected chi connectivity index (χ1v) is 7.98. The van der Waals surface area contributed by atoms with E-state index in [9.17, 15) is 18.0 Å². The van der Waals surface area contributed by atoms with Crippen LogP contribution in [0.4, 0.5) is 13.2 Å². The van der Waals surface area contributed by atoms with E-state index < -0.39 is 12.8 Å². The van der Waals surface area contributed by atoms with Crippen molar-refractivity contribution in [2.24, 2.45) is 5.92 Å². The number of rotatable bonds is 6. The average Bonchev–Trinajstić information content (AvgIpc) is 3.26. The minimum atomic E-state index is -4.44. The predicted molar refractivity (Wildman–Crippen MR) is 78.8 cm³/mol. The van der Waals surface area contributed by atoms with E-state index in [4.69, 9.17) is 4.74 Å². The molecule has 0 bridgehead atoms. The maximum absolute atomic E-state index is 12.7. The Hall–Kier alpha value is -1.83. The molecule has 24 heavy (non-hydrogen) atoms. The minimum Gasteiger partial charge on any atom is -0.468 e. The van der Waals surface area contributed by atoms with E-state index in [2.05, 4.69) is 9.72 Å². The number of aromatic nitrogens is 1. The number of hydrogen-bond donors (Lipinski definition) is 0. The van der Waals surface area contributed by atoms with Gasteiger partial charge in [-0.3, -0.25) is 4.79 Å². The van der Waals surface area contributed by atoms with Crippen LogP contribution in [-0.4, -0.2) is 54.4 Å². The van der Waals surface area contributed by atoms with Gasteiger partial charge >= 0.3 is 6.18 Å². The Morgan fingerprint density at radius 1 is 1.33 bits per heavy atom. The van der Waals surface area contributed by atoms with Crippen LogP contribution in [0.25, 0.3) is 0 Å². The summed E-state index contributed by atoms with van der Waals surface area (Å²) in [5, 5.41) is 0. The highest BCUT2D eigenvalue weighted by atomic mass is 19.4. The minimum absolute atomic E-state index is 0.112. The fraction of sp³-hybridized carbons (Fsp3) is 0.625. The molecule has 1 unspecified atom stereocenters. The summed E-state index contributed by atoms with van der Waals surface area (Å²) in [6, 6.07) is 4.49. The lowest BCUT2D eigenvalue weighted by molar-refractivity contribution is -0.154. The number of amides is 1. The van der Waals surface area contributed by atoms with Crippen molar-refractivity contribution < 1.29 is 27.4 Å². The second kappa shape index (κ2) is 6.96. The van der Waals surface area contributed by atoms with Gasteiger partial charge in [0.05, 0.1) is 6.61 Å². The number of halogens is 3. The van der Waals surface area contributed by atoms with Crippen molar-refractivity contribution in [1.29, 1.82) is 0 Å². The van der Waals surface area contributed by atoms with Gasteiger partial charge in [-0.05, 0) is 25.3 Å². The molecule has 1 aromatic heterocycles. The molecule has 3 rings (SSSR count). The van der Waals surface area contributed by atoms with Crippen molar-refractivity contribution in [2.45, 2.75) is 31.5 Å². The summed E-state index contributed by atoms with van der Waals surface area (Å²) in [6.45, 7) is 0.511. The summed E-state index contributed by atoms with van der Waals surface area (Å²) in [6.07, 6.45) is -1.63. The van der Waals surface area contributed by atoms with E-state index >= 15 is 0 Å². The molecule has 0 N–H and O–H groups in total. The quantitative estimate of drug-likeness (QED) is 0.796. The first kappa shape index (κ1) is 17.0. The van der Waals surface area contributed by atoms with Crippen molar-refractivity contribution in [2.75, 3.05) is 26.4 Å². The maximum Gasteiger partial charge on any atom is 0.422 e. The molecule has 1 atom stereocenters. The Morgan fingerprint density at radius 2 is 2.12 bits per heavy atom. The van der Waals surface area contributed by atoms with Gasteiger partial charge in [-0.25, -0.2) is 4.98 Å². The third kappa shape index (κ3) is 4.59. The zero-order valence-corrected chi connectivity index (χ0v) is 13.1.